The van der Waals surface area contributed by atoms with Gasteiger partial charge in [-0.05, 0) is 33.6 Å². The zero-order valence-corrected chi connectivity index (χ0v) is 9.98. The lowest BCUT2D eigenvalue weighted by atomic mass is 9.88. The fourth-order valence-electron chi connectivity index (χ4n) is 2.30. The SMILES string of the molecule is CC(C)(C)N(C(=O)O)C1CCC(O)CC1F. The highest BCUT2D eigenvalue weighted by Crippen LogP contribution is 2.30. The molecule has 3 atom stereocenters. The summed E-state index contributed by atoms with van der Waals surface area (Å²) in [6, 6.07) is -0.638. The van der Waals surface area contributed by atoms with Crippen LogP contribution in [0.3, 0.4) is 0 Å². The van der Waals surface area contributed by atoms with E-state index in [1.807, 2.05) is 0 Å². The van der Waals surface area contributed by atoms with E-state index >= 15 is 0 Å². The molecule has 1 aliphatic carbocycles. The number of alkyl halides is 1. The second kappa shape index (κ2) is 4.57. The van der Waals surface area contributed by atoms with Crippen LogP contribution in [0.2, 0.25) is 0 Å². The van der Waals surface area contributed by atoms with Crippen molar-refractivity contribution in [2.45, 2.75) is 63.9 Å². The van der Waals surface area contributed by atoms with Crippen LogP contribution < -0.4 is 0 Å². The van der Waals surface area contributed by atoms with Crippen LogP contribution in [0.25, 0.3) is 0 Å². The van der Waals surface area contributed by atoms with E-state index in [0.717, 1.165) is 0 Å². The number of carbonyl (C=O) groups is 1. The Labute approximate surface area is 95.1 Å². The van der Waals surface area contributed by atoms with E-state index in [-0.39, 0.29) is 6.42 Å². The van der Waals surface area contributed by atoms with Crippen molar-refractivity contribution in [3.8, 4) is 0 Å². The average molecular weight is 233 g/mol. The van der Waals surface area contributed by atoms with Gasteiger partial charge in [-0.1, -0.05) is 0 Å². The molecule has 0 heterocycles. The lowest BCUT2D eigenvalue weighted by Crippen LogP contribution is -2.56. The highest BCUT2D eigenvalue weighted by Gasteiger charge is 2.40. The summed E-state index contributed by atoms with van der Waals surface area (Å²) >= 11 is 0. The molecule has 0 aliphatic heterocycles. The fourth-order valence-corrected chi connectivity index (χ4v) is 2.30. The Morgan fingerprint density at radius 1 is 1.38 bits per heavy atom. The summed E-state index contributed by atoms with van der Waals surface area (Å²) in [6.07, 6.45) is -2.14. The lowest BCUT2D eigenvalue weighted by molar-refractivity contribution is -0.0127. The topological polar surface area (TPSA) is 60.8 Å². The van der Waals surface area contributed by atoms with E-state index < -0.39 is 29.9 Å². The summed E-state index contributed by atoms with van der Waals surface area (Å²) in [4.78, 5) is 12.3. The van der Waals surface area contributed by atoms with Gasteiger partial charge in [-0.2, -0.15) is 0 Å². The molecule has 4 nitrogen and oxygen atoms in total. The number of nitrogens with zero attached hydrogens (tertiary/aromatic N) is 1. The standard InChI is InChI=1S/C11H20FNO3/c1-11(2,3)13(10(15)16)9-5-4-7(14)6-8(9)12/h7-9,14H,4-6H2,1-3H3,(H,15,16). The number of rotatable bonds is 1. The summed E-state index contributed by atoms with van der Waals surface area (Å²) in [7, 11) is 0. The smallest absolute Gasteiger partial charge is 0.408 e. The van der Waals surface area contributed by atoms with Crippen molar-refractivity contribution in [2.24, 2.45) is 0 Å². The van der Waals surface area contributed by atoms with Gasteiger partial charge < -0.3 is 10.2 Å². The molecule has 1 amide bonds. The van der Waals surface area contributed by atoms with E-state index in [0.29, 0.717) is 12.8 Å². The maximum Gasteiger partial charge on any atom is 0.408 e. The van der Waals surface area contributed by atoms with Crippen molar-refractivity contribution in [1.82, 2.24) is 4.90 Å². The van der Waals surface area contributed by atoms with Crippen LogP contribution in [0.4, 0.5) is 9.18 Å². The third-order valence-corrected chi connectivity index (χ3v) is 2.97. The highest BCUT2D eigenvalue weighted by molar-refractivity contribution is 5.66. The van der Waals surface area contributed by atoms with Crippen LogP contribution in [-0.4, -0.2) is 45.1 Å². The number of aliphatic hydroxyl groups excluding tert-OH is 1. The molecule has 1 rings (SSSR count). The van der Waals surface area contributed by atoms with Crippen molar-refractivity contribution >= 4 is 6.09 Å². The molecule has 0 saturated heterocycles. The first-order valence-electron chi connectivity index (χ1n) is 5.58. The molecule has 1 saturated carbocycles. The normalized spacial score (nSPS) is 31.2. The van der Waals surface area contributed by atoms with Gasteiger partial charge in [0.15, 0.2) is 0 Å². The first kappa shape index (κ1) is 13.2. The third kappa shape index (κ3) is 2.84. The quantitative estimate of drug-likeness (QED) is 0.728. The second-order valence-electron chi connectivity index (χ2n) is 5.37. The molecule has 1 fully saturated rings. The van der Waals surface area contributed by atoms with E-state index in [1.165, 1.54) is 4.90 Å². The summed E-state index contributed by atoms with van der Waals surface area (Å²) in [5.74, 6) is 0. The Morgan fingerprint density at radius 2 is 1.94 bits per heavy atom. The second-order valence-corrected chi connectivity index (χ2v) is 5.37. The van der Waals surface area contributed by atoms with Gasteiger partial charge in [-0.25, -0.2) is 9.18 Å². The van der Waals surface area contributed by atoms with Gasteiger partial charge in [0.1, 0.15) is 6.17 Å². The number of carboxylic acid groups (broad SMARTS) is 1. The van der Waals surface area contributed by atoms with Crippen LogP contribution in [0, 0.1) is 0 Å². The van der Waals surface area contributed by atoms with E-state index in [1.54, 1.807) is 20.8 Å². The minimum absolute atomic E-state index is 0.0323. The largest absolute Gasteiger partial charge is 0.465 e. The molecular weight excluding hydrogens is 213 g/mol. The molecule has 5 heteroatoms. The summed E-state index contributed by atoms with van der Waals surface area (Å²) < 4.78 is 13.8. The van der Waals surface area contributed by atoms with E-state index in [4.69, 9.17) is 5.11 Å². The Kier molecular flexibility index (Phi) is 3.78. The Morgan fingerprint density at radius 3 is 2.31 bits per heavy atom. The van der Waals surface area contributed by atoms with Gasteiger partial charge >= 0.3 is 6.09 Å². The number of hydrogen-bond donors (Lipinski definition) is 2. The van der Waals surface area contributed by atoms with Crippen LogP contribution in [0.5, 0.6) is 0 Å². The molecule has 1 aliphatic rings. The molecule has 94 valence electrons. The summed E-state index contributed by atoms with van der Waals surface area (Å²) in [5.41, 5.74) is -0.622. The lowest BCUT2D eigenvalue weighted by Gasteiger charge is -2.43. The zero-order chi connectivity index (χ0) is 12.5. The number of aliphatic hydroxyl groups is 1. The molecule has 0 aromatic carbocycles. The molecule has 0 bridgehead atoms. The van der Waals surface area contributed by atoms with Crippen molar-refractivity contribution < 1.29 is 19.4 Å². The predicted molar refractivity (Wildman–Crippen MR) is 58.2 cm³/mol. The summed E-state index contributed by atoms with van der Waals surface area (Å²) in [5, 5.41) is 18.5. The van der Waals surface area contributed by atoms with Crippen molar-refractivity contribution in [2.75, 3.05) is 0 Å². The van der Waals surface area contributed by atoms with Crippen LogP contribution >= 0.6 is 0 Å². The maximum absolute atomic E-state index is 13.8. The van der Waals surface area contributed by atoms with Crippen LogP contribution in [0.15, 0.2) is 0 Å². The number of halogens is 1. The monoisotopic (exact) mass is 233 g/mol. The van der Waals surface area contributed by atoms with Crippen molar-refractivity contribution in [3.05, 3.63) is 0 Å². The van der Waals surface area contributed by atoms with Gasteiger partial charge in [0.2, 0.25) is 0 Å². The van der Waals surface area contributed by atoms with Crippen molar-refractivity contribution in [1.29, 1.82) is 0 Å². The number of amides is 1. The highest BCUT2D eigenvalue weighted by atomic mass is 19.1. The first-order chi connectivity index (χ1) is 7.23. The molecule has 0 aromatic rings. The minimum Gasteiger partial charge on any atom is -0.465 e. The number of hydrogen-bond acceptors (Lipinski definition) is 2. The van der Waals surface area contributed by atoms with Gasteiger partial charge in [-0.15, -0.1) is 0 Å². The van der Waals surface area contributed by atoms with Gasteiger partial charge in [-0.3, -0.25) is 4.90 Å². The van der Waals surface area contributed by atoms with E-state index in [9.17, 15) is 14.3 Å². The first-order valence-corrected chi connectivity index (χ1v) is 5.58. The Hall–Kier alpha value is -0.840. The molecular formula is C11H20FNO3. The molecule has 0 radical (unpaired) electrons. The predicted octanol–water partition coefficient (Wildman–Crippen LogP) is 2.02. The molecule has 3 unspecified atom stereocenters. The Bertz CT molecular complexity index is 264. The van der Waals surface area contributed by atoms with E-state index in [2.05, 4.69) is 0 Å². The molecule has 2 N–H and O–H groups in total. The Balaban J connectivity index is 2.83. The fraction of sp³-hybridized carbons (Fsp3) is 0.909. The van der Waals surface area contributed by atoms with Crippen LogP contribution in [0.1, 0.15) is 40.0 Å². The molecule has 0 spiro atoms. The molecule has 16 heavy (non-hydrogen) atoms. The molecule has 0 aromatic heterocycles. The van der Waals surface area contributed by atoms with Crippen LogP contribution in [-0.2, 0) is 0 Å². The van der Waals surface area contributed by atoms with Gasteiger partial charge in [0.05, 0.1) is 12.1 Å². The summed E-state index contributed by atoms with van der Waals surface area (Å²) in [6.45, 7) is 5.25. The van der Waals surface area contributed by atoms with Crippen molar-refractivity contribution in [3.63, 3.8) is 0 Å². The maximum atomic E-state index is 13.8. The zero-order valence-electron chi connectivity index (χ0n) is 9.98. The average Bonchev–Trinajstić information content (AvgIpc) is 2.06. The van der Waals surface area contributed by atoms with Gasteiger partial charge in [0, 0.05) is 12.0 Å². The van der Waals surface area contributed by atoms with Gasteiger partial charge in [0.25, 0.3) is 0 Å². The third-order valence-electron chi connectivity index (χ3n) is 2.97. The minimum atomic E-state index is -1.28.